The maximum Gasteiger partial charge on any atom is 0.106 e. The van der Waals surface area contributed by atoms with Crippen molar-refractivity contribution in [1.29, 1.82) is 0 Å². The van der Waals surface area contributed by atoms with E-state index in [1.807, 2.05) is 13.8 Å². The first kappa shape index (κ1) is 13.8. The van der Waals surface area contributed by atoms with E-state index in [1.165, 1.54) is 11.1 Å². The van der Waals surface area contributed by atoms with Crippen molar-refractivity contribution in [2.75, 3.05) is 0 Å². The third kappa shape index (κ3) is 2.57. The highest BCUT2D eigenvalue weighted by Gasteiger charge is 2.21. The Balaban J connectivity index is 2.43. The van der Waals surface area contributed by atoms with Crippen LogP contribution in [0.15, 0.2) is 28.7 Å². The van der Waals surface area contributed by atoms with Crippen molar-refractivity contribution >= 4 is 0 Å². The highest BCUT2D eigenvalue weighted by molar-refractivity contribution is 5.41. The molecule has 1 atom stereocenters. The molecule has 0 bridgehead atoms. The van der Waals surface area contributed by atoms with Gasteiger partial charge in [-0.25, -0.2) is 5.43 Å². The molecular formula is C16H22N2O. The zero-order chi connectivity index (χ0) is 14.0. The second-order valence-corrected chi connectivity index (χ2v) is 4.95. The Hall–Kier alpha value is -1.58. The van der Waals surface area contributed by atoms with Gasteiger partial charge in [0, 0.05) is 5.56 Å². The van der Waals surface area contributed by atoms with Crippen molar-refractivity contribution < 1.29 is 4.42 Å². The lowest BCUT2D eigenvalue weighted by molar-refractivity contribution is 0.494. The number of hydrogen-bond donors (Lipinski definition) is 2. The molecule has 0 saturated carbocycles. The van der Waals surface area contributed by atoms with Crippen LogP contribution in [0.3, 0.4) is 0 Å². The minimum absolute atomic E-state index is 0.0247. The van der Waals surface area contributed by atoms with Crippen molar-refractivity contribution in [3.05, 3.63) is 58.0 Å². The average molecular weight is 258 g/mol. The Kier molecular flexibility index (Phi) is 4.08. The van der Waals surface area contributed by atoms with E-state index in [0.717, 1.165) is 29.1 Å². The maximum atomic E-state index is 5.76. The zero-order valence-electron chi connectivity index (χ0n) is 12.1. The van der Waals surface area contributed by atoms with Crippen LogP contribution in [0.4, 0.5) is 0 Å². The molecule has 1 aromatic carbocycles. The van der Waals surface area contributed by atoms with Gasteiger partial charge in [-0.15, -0.1) is 0 Å². The number of benzene rings is 1. The summed E-state index contributed by atoms with van der Waals surface area (Å²) in [6.45, 7) is 8.20. The van der Waals surface area contributed by atoms with E-state index < -0.39 is 0 Å². The summed E-state index contributed by atoms with van der Waals surface area (Å²) in [6, 6.07) is 8.53. The molecule has 0 spiro atoms. The van der Waals surface area contributed by atoms with Crippen LogP contribution in [0.2, 0.25) is 0 Å². The van der Waals surface area contributed by atoms with Crippen LogP contribution in [0.5, 0.6) is 0 Å². The number of hydrazine groups is 1. The fourth-order valence-electron chi connectivity index (χ4n) is 2.53. The van der Waals surface area contributed by atoms with Gasteiger partial charge in [0.25, 0.3) is 0 Å². The summed E-state index contributed by atoms with van der Waals surface area (Å²) in [5.74, 6) is 7.65. The summed E-state index contributed by atoms with van der Waals surface area (Å²) >= 11 is 0. The standard InChI is InChI=1S/C16H22N2O/c1-5-13-6-8-14(9-7-13)16(18-17)15-10(2)11(3)19-12(15)4/h6-9,16,18H,5,17H2,1-4H3. The van der Waals surface area contributed by atoms with Crippen LogP contribution in [0.1, 0.15) is 46.7 Å². The lowest BCUT2D eigenvalue weighted by atomic mass is 9.95. The van der Waals surface area contributed by atoms with Gasteiger partial charge in [-0.2, -0.15) is 0 Å². The van der Waals surface area contributed by atoms with Gasteiger partial charge in [-0.05, 0) is 43.9 Å². The topological polar surface area (TPSA) is 51.2 Å². The zero-order valence-corrected chi connectivity index (χ0v) is 12.1. The second kappa shape index (κ2) is 5.59. The molecule has 1 aromatic heterocycles. The monoisotopic (exact) mass is 258 g/mol. The van der Waals surface area contributed by atoms with Gasteiger partial charge >= 0.3 is 0 Å². The largest absolute Gasteiger partial charge is 0.466 e. The quantitative estimate of drug-likeness (QED) is 0.653. The Morgan fingerprint density at radius 2 is 1.74 bits per heavy atom. The molecule has 0 saturated heterocycles. The molecule has 102 valence electrons. The Bertz CT molecular complexity index is 555. The van der Waals surface area contributed by atoms with Gasteiger partial charge in [-0.1, -0.05) is 31.2 Å². The minimum atomic E-state index is -0.0247. The van der Waals surface area contributed by atoms with Gasteiger partial charge in [0.1, 0.15) is 11.5 Å². The van der Waals surface area contributed by atoms with Crippen LogP contribution in [-0.2, 0) is 6.42 Å². The molecule has 2 rings (SSSR count). The first-order valence-electron chi connectivity index (χ1n) is 6.69. The molecule has 3 N–H and O–H groups in total. The van der Waals surface area contributed by atoms with E-state index in [2.05, 4.69) is 43.5 Å². The molecule has 0 aliphatic rings. The SMILES string of the molecule is CCc1ccc(C(NN)c2c(C)oc(C)c2C)cc1. The summed E-state index contributed by atoms with van der Waals surface area (Å²) in [7, 11) is 0. The molecule has 0 fully saturated rings. The van der Waals surface area contributed by atoms with Crippen molar-refractivity contribution in [3.63, 3.8) is 0 Å². The highest BCUT2D eigenvalue weighted by Crippen LogP contribution is 2.31. The van der Waals surface area contributed by atoms with Crippen LogP contribution in [0.25, 0.3) is 0 Å². The van der Waals surface area contributed by atoms with Crippen LogP contribution < -0.4 is 11.3 Å². The molecule has 0 amide bonds. The fourth-order valence-corrected chi connectivity index (χ4v) is 2.53. The van der Waals surface area contributed by atoms with Crippen molar-refractivity contribution in [3.8, 4) is 0 Å². The predicted octanol–water partition coefficient (Wildman–Crippen LogP) is 3.32. The Labute approximate surface area is 114 Å². The Morgan fingerprint density at radius 1 is 1.11 bits per heavy atom. The molecule has 2 aromatic rings. The van der Waals surface area contributed by atoms with E-state index in [4.69, 9.17) is 10.3 Å². The fraction of sp³-hybridized carbons (Fsp3) is 0.375. The van der Waals surface area contributed by atoms with E-state index in [9.17, 15) is 0 Å². The van der Waals surface area contributed by atoms with Crippen molar-refractivity contribution in [2.24, 2.45) is 5.84 Å². The molecule has 0 aliphatic heterocycles. The molecule has 0 radical (unpaired) electrons. The molecule has 1 heterocycles. The number of nitrogens with two attached hydrogens (primary N) is 1. The van der Waals surface area contributed by atoms with Gasteiger partial charge < -0.3 is 4.42 Å². The van der Waals surface area contributed by atoms with Crippen molar-refractivity contribution in [1.82, 2.24) is 5.43 Å². The molecule has 3 heteroatoms. The van der Waals surface area contributed by atoms with E-state index >= 15 is 0 Å². The first-order chi connectivity index (χ1) is 9.08. The van der Waals surface area contributed by atoms with Gasteiger partial charge in [0.05, 0.1) is 6.04 Å². The number of hydrogen-bond acceptors (Lipinski definition) is 3. The second-order valence-electron chi connectivity index (χ2n) is 4.95. The van der Waals surface area contributed by atoms with Crippen LogP contribution in [-0.4, -0.2) is 0 Å². The number of nitrogens with one attached hydrogen (secondary N) is 1. The minimum Gasteiger partial charge on any atom is -0.466 e. The molecule has 0 aliphatic carbocycles. The number of furan rings is 1. The first-order valence-corrected chi connectivity index (χ1v) is 6.69. The van der Waals surface area contributed by atoms with Crippen molar-refractivity contribution in [2.45, 2.75) is 40.2 Å². The summed E-state index contributed by atoms with van der Waals surface area (Å²) < 4.78 is 5.70. The van der Waals surface area contributed by atoms with Crippen LogP contribution in [0, 0.1) is 20.8 Å². The summed E-state index contributed by atoms with van der Waals surface area (Å²) in [4.78, 5) is 0. The number of aryl methyl sites for hydroxylation is 3. The summed E-state index contributed by atoms with van der Waals surface area (Å²) in [6.07, 6.45) is 1.05. The highest BCUT2D eigenvalue weighted by atomic mass is 16.3. The number of rotatable bonds is 4. The molecule has 19 heavy (non-hydrogen) atoms. The van der Waals surface area contributed by atoms with Gasteiger partial charge in [-0.3, -0.25) is 5.84 Å². The smallest absolute Gasteiger partial charge is 0.106 e. The summed E-state index contributed by atoms with van der Waals surface area (Å²) in [5, 5.41) is 0. The van der Waals surface area contributed by atoms with Crippen LogP contribution >= 0.6 is 0 Å². The Morgan fingerprint density at radius 3 is 2.16 bits per heavy atom. The third-order valence-electron chi connectivity index (χ3n) is 3.79. The van der Waals surface area contributed by atoms with E-state index in [1.54, 1.807) is 0 Å². The lowest BCUT2D eigenvalue weighted by Gasteiger charge is -2.17. The summed E-state index contributed by atoms with van der Waals surface area (Å²) in [5.41, 5.74) is 7.71. The van der Waals surface area contributed by atoms with Gasteiger partial charge in [0.15, 0.2) is 0 Å². The molecule has 1 unspecified atom stereocenters. The van der Waals surface area contributed by atoms with E-state index in [-0.39, 0.29) is 6.04 Å². The van der Waals surface area contributed by atoms with Gasteiger partial charge in [0.2, 0.25) is 0 Å². The normalized spacial score (nSPS) is 12.7. The molecular weight excluding hydrogens is 236 g/mol. The average Bonchev–Trinajstić information content (AvgIpc) is 2.67. The van der Waals surface area contributed by atoms with E-state index in [0.29, 0.717) is 0 Å². The lowest BCUT2D eigenvalue weighted by Crippen LogP contribution is -2.29. The molecule has 3 nitrogen and oxygen atoms in total. The predicted molar refractivity (Wildman–Crippen MR) is 77.9 cm³/mol. The maximum absolute atomic E-state index is 5.76. The third-order valence-corrected chi connectivity index (χ3v) is 3.79.